The number of benzene rings is 1. The van der Waals surface area contributed by atoms with Gasteiger partial charge in [0.05, 0.1) is 18.2 Å². The van der Waals surface area contributed by atoms with Crippen LogP contribution in [0.25, 0.3) is 0 Å². The number of alkyl halides is 3. The van der Waals surface area contributed by atoms with Gasteiger partial charge in [-0.1, -0.05) is 18.2 Å². The van der Waals surface area contributed by atoms with Crippen molar-refractivity contribution in [3.8, 4) is 0 Å². The number of aliphatic hydroxyl groups excluding tert-OH is 1. The van der Waals surface area contributed by atoms with Crippen LogP contribution < -0.4 is 0 Å². The second-order valence-electron chi connectivity index (χ2n) is 5.58. The van der Waals surface area contributed by atoms with E-state index in [4.69, 9.17) is 0 Å². The van der Waals surface area contributed by atoms with Gasteiger partial charge in [-0.3, -0.25) is 4.90 Å². The maximum Gasteiger partial charge on any atom is 0.416 e. The third-order valence-electron chi connectivity index (χ3n) is 3.97. The molecule has 2 atom stereocenters. The summed E-state index contributed by atoms with van der Waals surface area (Å²) in [7, 11) is 0. The first-order valence-electron chi connectivity index (χ1n) is 7.29. The van der Waals surface area contributed by atoms with E-state index >= 15 is 0 Å². The van der Waals surface area contributed by atoms with Crippen molar-refractivity contribution in [2.45, 2.75) is 31.3 Å². The Labute approximate surface area is 131 Å². The first kappa shape index (κ1) is 15.9. The molecule has 1 saturated heterocycles. The summed E-state index contributed by atoms with van der Waals surface area (Å²) in [6, 6.07) is 6.70. The van der Waals surface area contributed by atoms with Gasteiger partial charge in [-0.2, -0.15) is 13.2 Å². The largest absolute Gasteiger partial charge is 0.416 e. The zero-order valence-corrected chi connectivity index (χ0v) is 12.2. The first-order chi connectivity index (χ1) is 10.9. The maximum absolute atomic E-state index is 13.2. The fraction of sp³-hybridized carbons (Fsp3) is 0.375. The van der Waals surface area contributed by atoms with E-state index in [2.05, 4.69) is 9.97 Å². The molecule has 2 aromatic rings. The van der Waals surface area contributed by atoms with Crippen LogP contribution in [0.1, 0.15) is 29.4 Å². The van der Waals surface area contributed by atoms with Gasteiger partial charge in [0.1, 0.15) is 5.82 Å². The molecule has 0 spiro atoms. The summed E-state index contributed by atoms with van der Waals surface area (Å²) in [5.74, 6) is 0.524. The number of aliphatic hydroxyl groups is 1. The fourth-order valence-electron chi connectivity index (χ4n) is 3.02. The summed E-state index contributed by atoms with van der Waals surface area (Å²) >= 11 is 0. The molecule has 1 aromatic carbocycles. The lowest BCUT2D eigenvalue weighted by molar-refractivity contribution is -0.138. The van der Waals surface area contributed by atoms with Crippen LogP contribution in [-0.2, 0) is 12.7 Å². The maximum atomic E-state index is 13.2. The Morgan fingerprint density at radius 3 is 2.52 bits per heavy atom. The Hall–Kier alpha value is -1.99. The minimum Gasteiger partial charge on any atom is -0.392 e. The van der Waals surface area contributed by atoms with Crippen LogP contribution in [0.15, 0.2) is 42.7 Å². The van der Waals surface area contributed by atoms with E-state index in [1.165, 1.54) is 12.1 Å². The van der Waals surface area contributed by atoms with Crippen molar-refractivity contribution < 1.29 is 18.3 Å². The topological polar surface area (TPSA) is 49.2 Å². The van der Waals surface area contributed by atoms with Crippen LogP contribution in [0.2, 0.25) is 0 Å². The third kappa shape index (κ3) is 3.51. The van der Waals surface area contributed by atoms with Crippen LogP contribution in [0.4, 0.5) is 13.2 Å². The van der Waals surface area contributed by atoms with Crippen LogP contribution in [0, 0.1) is 0 Å². The molecule has 0 radical (unpaired) electrons. The van der Waals surface area contributed by atoms with Gasteiger partial charge < -0.3 is 5.11 Å². The zero-order valence-electron chi connectivity index (χ0n) is 12.2. The zero-order chi connectivity index (χ0) is 16.4. The fourth-order valence-corrected chi connectivity index (χ4v) is 3.02. The number of likely N-dealkylation sites (tertiary alicyclic amines) is 1. The molecule has 7 heteroatoms. The molecule has 0 bridgehead atoms. The van der Waals surface area contributed by atoms with Crippen molar-refractivity contribution in [3.05, 3.63) is 59.7 Å². The predicted octanol–water partition coefficient (Wildman–Crippen LogP) is 2.80. The molecule has 1 N–H and O–H groups in total. The summed E-state index contributed by atoms with van der Waals surface area (Å²) in [6.07, 6.45) is -1.63. The van der Waals surface area contributed by atoms with Gasteiger partial charge in [-0.25, -0.2) is 9.97 Å². The monoisotopic (exact) mass is 323 g/mol. The smallest absolute Gasteiger partial charge is 0.392 e. The molecule has 1 fully saturated rings. The third-order valence-corrected chi connectivity index (χ3v) is 3.97. The van der Waals surface area contributed by atoms with E-state index in [1.807, 2.05) is 0 Å². The molecule has 23 heavy (non-hydrogen) atoms. The van der Waals surface area contributed by atoms with Gasteiger partial charge >= 0.3 is 6.18 Å². The Bertz CT molecular complexity index is 663. The Balaban J connectivity index is 1.91. The van der Waals surface area contributed by atoms with Crippen LogP contribution >= 0.6 is 0 Å². The van der Waals surface area contributed by atoms with Crippen molar-refractivity contribution >= 4 is 0 Å². The minimum atomic E-state index is -4.42. The second kappa shape index (κ2) is 6.25. The standard InChI is InChI=1S/C16H16F3N3O/c17-16(18,19)13-5-2-1-4-12(13)14-8-11(23)9-22(14)10-15-20-6-3-7-21-15/h1-7,11,14,23H,8-10H2/t11-,14-/m1/s1. The molecule has 2 heterocycles. The summed E-state index contributed by atoms with van der Waals surface area (Å²) < 4.78 is 39.7. The lowest BCUT2D eigenvalue weighted by atomic mass is 9.97. The molecule has 122 valence electrons. The van der Waals surface area contributed by atoms with E-state index in [-0.39, 0.29) is 12.0 Å². The van der Waals surface area contributed by atoms with Gasteiger partial charge in [0.15, 0.2) is 0 Å². The van der Waals surface area contributed by atoms with E-state index < -0.39 is 23.9 Å². The van der Waals surface area contributed by atoms with Crippen LogP contribution in [0.5, 0.6) is 0 Å². The summed E-state index contributed by atoms with van der Waals surface area (Å²) in [5.41, 5.74) is -0.467. The number of hydrogen-bond donors (Lipinski definition) is 1. The van der Waals surface area contributed by atoms with Gasteiger partial charge in [0.25, 0.3) is 0 Å². The quantitative estimate of drug-likeness (QED) is 0.944. The highest BCUT2D eigenvalue weighted by molar-refractivity contribution is 5.33. The van der Waals surface area contributed by atoms with E-state index in [0.29, 0.717) is 18.9 Å². The lowest BCUT2D eigenvalue weighted by Gasteiger charge is -2.26. The molecular formula is C16H16F3N3O. The number of aromatic nitrogens is 2. The van der Waals surface area contributed by atoms with Crippen molar-refractivity contribution in [1.29, 1.82) is 0 Å². The van der Waals surface area contributed by atoms with Crippen molar-refractivity contribution in [2.75, 3.05) is 6.54 Å². The van der Waals surface area contributed by atoms with Gasteiger partial charge in [0.2, 0.25) is 0 Å². The van der Waals surface area contributed by atoms with Gasteiger partial charge in [-0.15, -0.1) is 0 Å². The summed E-state index contributed by atoms with van der Waals surface area (Å²) in [5, 5.41) is 9.94. The Kier molecular flexibility index (Phi) is 4.32. The highest BCUT2D eigenvalue weighted by atomic mass is 19.4. The average Bonchev–Trinajstić information content (AvgIpc) is 2.88. The normalized spacial score (nSPS) is 22.4. The number of hydrogen-bond acceptors (Lipinski definition) is 4. The van der Waals surface area contributed by atoms with E-state index in [0.717, 1.165) is 6.07 Å². The SMILES string of the molecule is O[C@@H]1C[C@H](c2ccccc2C(F)(F)F)N(Cc2ncccn2)C1. The number of halogens is 3. The molecule has 0 aliphatic carbocycles. The average molecular weight is 323 g/mol. The Morgan fingerprint density at radius 1 is 1.13 bits per heavy atom. The lowest BCUT2D eigenvalue weighted by Crippen LogP contribution is -2.26. The second-order valence-corrected chi connectivity index (χ2v) is 5.58. The molecule has 1 aromatic heterocycles. The number of nitrogens with zero attached hydrogens (tertiary/aromatic N) is 3. The molecule has 1 aliphatic rings. The molecule has 3 rings (SSSR count). The molecule has 1 aliphatic heterocycles. The van der Waals surface area contributed by atoms with Crippen molar-refractivity contribution in [2.24, 2.45) is 0 Å². The summed E-state index contributed by atoms with van der Waals surface area (Å²) in [6.45, 7) is 0.601. The highest BCUT2D eigenvalue weighted by Gasteiger charge is 2.39. The van der Waals surface area contributed by atoms with Gasteiger partial charge in [0, 0.05) is 25.0 Å². The predicted molar refractivity (Wildman–Crippen MR) is 77.3 cm³/mol. The Morgan fingerprint density at radius 2 is 1.83 bits per heavy atom. The van der Waals surface area contributed by atoms with E-state index in [9.17, 15) is 18.3 Å². The van der Waals surface area contributed by atoms with Crippen molar-refractivity contribution in [3.63, 3.8) is 0 Å². The molecule has 0 amide bonds. The van der Waals surface area contributed by atoms with Crippen LogP contribution in [0.3, 0.4) is 0 Å². The van der Waals surface area contributed by atoms with Crippen LogP contribution in [-0.4, -0.2) is 32.6 Å². The highest BCUT2D eigenvalue weighted by Crippen LogP contribution is 2.40. The number of β-amino-alcohol motifs (C(OH)–C–C–N with tert-alkyl or cyclic N) is 1. The molecule has 0 saturated carbocycles. The van der Waals surface area contributed by atoms with Gasteiger partial charge in [-0.05, 0) is 24.1 Å². The van der Waals surface area contributed by atoms with Crippen molar-refractivity contribution in [1.82, 2.24) is 14.9 Å². The molecule has 4 nitrogen and oxygen atoms in total. The molecular weight excluding hydrogens is 307 g/mol. The summed E-state index contributed by atoms with van der Waals surface area (Å²) in [4.78, 5) is 10.0. The number of rotatable bonds is 3. The molecule has 0 unspecified atom stereocenters. The minimum absolute atomic E-state index is 0.187. The van der Waals surface area contributed by atoms with E-state index in [1.54, 1.807) is 29.4 Å². The first-order valence-corrected chi connectivity index (χ1v) is 7.29.